The maximum atomic E-state index is 11.9. The van der Waals surface area contributed by atoms with Crippen LogP contribution >= 0.6 is 22.6 Å². The van der Waals surface area contributed by atoms with Crippen molar-refractivity contribution in [2.75, 3.05) is 0 Å². The van der Waals surface area contributed by atoms with E-state index in [-0.39, 0.29) is 11.0 Å². The van der Waals surface area contributed by atoms with Crippen LogP contribution < -0.4 is 5.43 Å². The van der Waals surface area contributed by atoms with Gasteiger partial charge >= 0.3 is 5.97 Å². The first-order valence-electron chi connectivity index (χ1n) is 4.70. The molecule has 17 heavy (non-hydrogen) atoms. The molecular formula is C12H7IO4. The average Bonchev–Trinajstić information content (AvgIpc) is 2.27. The minimum atomic E-state index is -1.10. The molecule has 0 saturated heterocycles. The van der Waals surface area contributed by atoms with Crippen LogP contribution in [0.15, 0.2) is 39.7 Å². The molecule has 0 bridgehead atoms. The Hall–Kier alpha value is -1.63. The number of fused-ring (bicyclic) bond motifs is 1. The van der Waals surface area contributed by atoms with Crippen molar-refractivity contribution in [2.45, 2.75) is 0 Å². The van der Waals surface area contributed by atoms with Gasteiger partial charge in [-0.1, -0.05) is 0 Å². The molecule has 0 aliphatic heterocycles. The van der Waals surface area contributed by atoms with Crippen molar-refractivity contribution in [3.05, 3.63) is 49.9 Å². The van der Waals surface area contributed by atoms with Crippen LogP contribution in [0.3, 0.4) is 0 Å². The van der Waals surface area contributed by atoms with Gasteiger partial charge in [0.1, 0.15) is 11.8 Å². The zero-order chi connectivity index (χ0) is 12.4. The van der Waals surface area contributed by atoms with Gasteiger partial charge in [0, 0.05) is 9.65 Å². The molecule has 0 saturated carbocycles. The molecule has 2 rings (SSSR count). The first kappa shape index (κ1) is 11.8. The van der Waals surface area contributed by atoms with Crippen molar-refractivity contribution >= 4 is 45.6 Å². The summed E-state index contributed by atoms with van der Waals surface area (Å²) in [6, 6.07) is 5.22. The minimum Gasteiger partial charge on any atom is -0.478 e. The molecule has 0 fully saturated rings. The normalized spacial score (nSPS) is 11.1. The molecule has 1 heterocycles. The maximum absolute atomic E-state index is 11.9. The van der Waals surface area contributed by atoms with Crippen LogP contribution in [0, 0.1) is 3.57 Å². The Morgan fingerprint density at radius 3 is 2.88 bits per heavy atom. The molecule has 2 aromatic rings. The SMILES string of the molecule is O=C(O)/C=C/c1coc2cc(I)ccc2c1=O. The van der Waals surface area contributed by atoms with E-state index in [1.54, 1.807) is 18.2 Å². The summed E-state index contributed by atoms with van der Waals surface area (Å²) in [5.74, 6) is -1.10. The van der Waals surface area contributed by atoms with Crippen molar-refractivity contribution in [3.63, 3.8) is 0 Å². The number of carboxylic acid groups (broad SMARTS) is 1. The average molecular weight is 342 g/mol. The third-order valence-corrected chi connectivity index (χ3v) is 2.84. The van der Waals surface area contributed by atoms with Crippen molar-refractivity contribution in [2.24, 2.45) is 0 Å². The summed E-state index contributed by atoms with van der Waals surface area (Å²) in [5, 5.41) is 8.94. The van der Waals surface area contributed by atoms with Crippen molar-refractivity contribution < 1.29 is 14.3 Å². The number of benzene rings is 1. The third-order valence-electron chi connectivity index (χ3n) is 2.17. The monoisotopic (exact) mass is 342 g/mol. The Bertz CT molecular complexity index is 670. The van der Waals surface area contributed by atoms with Crippen LogP contribution in [0.25, 0.3) is 17.0 Å². The van der Waals surface area contributed by atoms with Gasteiger partial charge in [0.05, 0.1) is 10.9 Å². The molecule has 1 N–H and O–H groups in total. The van der Waals surface area contributed by atoms with Gasteiger partial charge < -0.3 is 9.52 Å². The molecule has 0 aliphatic rings. The summed E-state index contributed by atoms with van der Waals surface area (Å²) in [7, 11) is 0. The molecule has 0 amide bonds. The molecule has 1 aromatic carbocycles. The van der Waals surface area contributed by atoms with E-state index in [0.29, 0.717) is 11.0 Å². The Labute approximate surface area is 110 Å². The second-order valence-electron chi connectivity index (χ2n) is 3.33. The predicted octanol–water partition coefficient (Wildman–Crippen LogP) is 2.50. The molecule has 1 aromatic heterocycles. The van der Waals surface area contributed by atoms with Crippen molar-refractivity contribution in [1.29, 1.82) is 0 Å². The van der Waals surface area contributed by atoms with Crippen LogP contribution in [0.4, 0.5) is 0 Å². The third kappa shape index (κ3) is 2.55. The van der Waals surface area contributed by atoms with E-state index in [4.69, 9.17) is 9.52 Å². The van der Waals surface area contributed by atoms with Crippen LogP contribution in [-0.2, 0) is 4.79 Å². The molecule has 5 heteroatoms. The largest absolute Gasteiger partial charge is 0.478 e. The Morgan fingerprint density at radius 1 is 1.41 bits per heavy atom. The van der Waals surface area contributed by atoms with Crippen LogP contribution in [0.1, 0.15) is 5.56 Å². The van der Waals surface area contributed by atoms with E-state index in [2.05, 4.69) is 22.6 Å². The van der Waals surface area contributed by atoms with E-state index in [1.807, 2.05) is 0 Å². The molecule has 0 atom stereocenters. The van der Waals surface area contributed by atoms with E-state index in [9.17, 15) is 9.59 Å². The quantitative estimate of drug-likeness (QED) is 0.673. The van der Waals surface area contributed by atoms with Gasteiger partial charge in [-0.05, 0) is 46.9 Å². The number of carboxylic acids is 1. The van der Waals surface area contributed by atoms with E-state index in [0.717, 1.165) is 9.65 Å². The fraction of sp³-hybridized carbons (Fsp3) is 0. The highest BCUT2D eigenvalue weighted by Crippen LogP contribution is 2.15. The Morgan fingerprint density at radius 2 is 2.18 bits per heavy atom. The van der Waals surface area contributed by atoms with Crippen LogP contribution in [0.2, 0.25) is 0 Å². The molecule has 0 radical (unpaired) electrons. The van der Waals surface area contributed by atoms with E-state index < -0.39 is 5.97 Å². The van der Waals surface area contributed by atoms with Gasteiger partial charge in [-0.25, -0.2) is 4.79 Å². The van der Waals surface area contributed by atoms with E-state index in [1.165, 1.54) is 12.3 Å². The lowest BCUT2D eigenvalue weighted by atomic mass is 10.1. The number of halogens is 1. The Kier molecular flexibility index (Phi) is 3.28. The molecular weight excluding hydrogens is 335 g/mol. The fourth-order valence-electron chi connectivity index (χ4n) is 1.39. The number of hydrogen-bond donors (Lipinski definition) is 1. The second-order valence-corrected chi connectivity index (χ2v) is 4.58. The number of aliphatic carboxylic acids is 1. The summed E-state index contributed by atoms with van der Waals surface area (Å²) in [6.07, 6.45) is 3.40. The molecule has 0 unspecified atom stereocenters. The topological polar surface area (TPSA) is 67.5 Å². The highest BCUT2D eigenvalue weighted by atomic mass is 127. The first-order valence-corrected chi connectivity index (χ1v) is 5.78. The predicted molar refractivity (Wildman–Crippen MR) is 71.9 cm³/mol. The molecule has 86 valence electrons. The van der Waals surface area contributed by atoms with Crippen LogP contribution in [0.5, 0.6) is 0 Å². The van der Waals surface area contributed by atoms with Gasteiger partial charge in [0.25, 0.3) is 0 Å². The van der Waals surface area contributed by atoms with Gasteiger partial charge in [-0.2, -0.15) is 0 Å². The number of carbonyl (C=O) groups is 1. The van der Waals surface area contributed by atoms with E-state index >= 15 is 0 Å². The lowest BCUT2D eigenvalue weighted by Crippen LogP contribution is -2.05. The first-order chi connectivity index (χ1) is 8.08. The summed E-state index contributed by atoms with van der Waals surface area (Å²) in [5.41, 5.74) is 0.482. The number of hydrogen-bond acceptors (Lipinski definition) is 3. The van der Waals surface area contributed by atoms with Gasteiger partial charge in [0.2, 0.25) is 0 Å². The van der Waals surface area contributed by atoms with Gasteiger partial charge in [-0.3, -0.25) is 4.79 Å². The zero-order valence-corrected chi connectivity index (χ0v) is 10.7. The molecule has 4 nitrogen and oxygen atoms in total. The maximum Gasteiger partial charge on any atom is 0.328 e. The standard InChI is InChI=1S/C12H7IO4/c13-8-2-3-9-10(5-8)17-6-7(12(9)16)1-4-11(14)15/h1-6H,(H,14,15)/b4-1+. The lowest BCUT2D eigenvalue weighted by molar-refractivity contribution is -0.131. The summed E-state index contributed by atoms with van der Waals surface area (Å²) in [4.78, 5) is 22.3. The van der Waals surface area contributed by atoms with Gasteiger partial charge in [-0.15, -0.1) is 0 Å². The van der Waals surface area contributed by atoms with Crippen molar-refractivity contribution in [1.82, 2.24) is 0 Å². The van der Waals surface area contributed by atoms with Gasteiger partial charge in [0.15, 0.2) is 5.43 Å². The lowest BCUT2D eigenvalue weighted by Gasteiger charge is -1.98. The number of rotatable bonds is 2. The Balaban J connectivity index is 2.62. The second kappa shape index (κ2) is 4.70. The zero-order valence-electron chi connectivity index (χ0n) is 8.51. The highest BCUT2D eigenvalue weighted by Gasteiger charge is 2.05. The highest BCUT2D eigenvalue weighted by molar-refractivity contribution is 14.1. The molecule has 0 aliphatic carbocycles. The molecule has 0 spiro atoms. The minimum absolute atomic E-state index is 0.223. The smallest absolute Gasteiger partial charge is 0.328 e. The van der Waals surface area contributed by atoms with Crippen LogP contribution in [-0.4, -0.2) is 11.1 Å². The van der Waals surface area contributed by atoms with Crippen molar-refractivity contribution in [3.8, 4) is 0 Å². The summed E-state index contributed by atoms with van der Waals surface area (Å²) >= 11 is 2.12. The fourth-order valence-corrected chi connectivity index (χ4v) is 1.86. The summed E-state index contributed by atoms with van der Waals surface area (Å²) < 4.78 is 6.25. The summed E-state index contributed by atoms with van der Waals surface area (Å²) in [6.45, 7) is 0.